The van der Waals surface area contributed by atoms with E-state index in [-0.39, 0.29) is 5.54 Å². The second-order valence-corrected chi connectivity index (χ2v) is 5.71. The van der Waals surface area contributed by atoms with Gasteiger partial charge in [-0.3, -0.25) is 4.68 Å². The average molecular weight is 224 g/mol. The minimum atomic E-state index is 0.114. The Bertz CT molecular complexity index is 309. The maximum atomic E-state index is 4.43. The van der Waals surface area contributed by atoms with Gasteiger partial charge in [0.05, 0.1) is 6.54 Å². The van der Waals surface area contributed by atoms with E-state index in [1.807, 2.05) is 11.0 Å². The van der Waals surface area contributed by atoms with Crippen LogP contribution in [0.1, 0.15) is 46.9 Å². The van der Waals surface area contributed by atoms with E-state index in [2.05, 4.69) is 50.0 Å². The maximum Gasteiger partial charge on any atom is 0.164 e. The van der Waals surface area contributed by atoms with Crippen LogP contribution in [0, 0.1) is 5.92 Å². The lowest BCUT2D eigenvalue weighted by Gasteiger charge is -2.19. The van der Waals surface area contributed by atoms with E-state index in [4.69, 9.17) is 0 Å². The minimum absolute atomic E-state index is 0.114. The van der Waals surface area contributed by atoms with Crippen molar-refractivity contribution in [3.05, 3.63) is 12.2 Å². The predicted octanol–water partition coefficient (Wildman–Crippen LogP) is 2.21. The fourth-order valence-electron chi connectivity index (χ4n) is 1.26. The molecule has 0 aliphatic rings. The maximum absolute atomic E-state index is 4.43. The lowest BCUT2D eigenvalue weighted by Crippen LogP contribution is -2.35. The van der Waals surface area contributed by atoms with Gasteiger partial charge in [-0.05, 0) is 33.1 Å². The number of aryl methyl sites for hydroxylation is 1. The first kappa shape index (κ1) is 13.2. The van der Waals surface area contributed by atoms with E-state index >= 15 is 0 Å². The van der Waals surface area contributed by atoms with Crippen molar-refractivity contribution in [2.24, 2.45) is 5.92 Å². The van der Waals surface area contributed by atoms with Crippen LogP contribution in [0.3, 0.4) is 0 Å². The van der Waals surface area contributed by atoms with Crippen LogP contribution in [0.5, 0.6) is 0 Å². The summed E-state index contributed by atoms with van der Waals surface area (Å²) in [4.78, 5) is 4.29. The van der Waals surface area contributed by atoms with Gasteiger partial charge in [-0.2, -0.15) is 5.10 Å². The molecule has 0 aromatic carbocycles. The molecule has 0 atom stereocenters. The SMILES string of the molecule is CC(C)CCn1cnc(CNC(C)(C)C)n1. The Morgan fingerprint density at radius 1 is 1.38 bits per heavy atom. The Morgan fingerprint density at radius 3 is 2.62 bits per heavy atom. The van der Waals surface area contributed by atoms with Crippen molar-refractivity contribution in [3.8, 4) is 0 Å². The monoisotopic (exact) mass is 224 g/mol. The van der Waals surface area contributed by atoms with E-state index in [1.54, 1.807) is 0 Å². The van der Waals surface area contributed by atoms with Crippen molar-refractivity contribution in [2.75, 3.05) is 0 Å². The third-order valence-corrected chi connectivity index (χ3v) is 2.30. The highest BCUT2D eigenvalue weighted by atomic mass is 15.3. The van der Waals surface area contributed by atoms with E-state index < -0.39 is 0 Å². The summed E-state index contributed by atoms with van der Waals surface area (Å²) < 4.78 is 1.93. The molecule has 0 bridgehead atoms. The highest BCUT2D eigenvalue weighted by Gasteiger charge is 2.10. The zero-order valence-corrected chi connectivity index (χ0v) is 11.1. The summed E-state index contributed by atoms with van der Waals surface area (Å²) in [5.41, 5.74) is 0.114. The summed E-state index contributed by atoms with van der Waals surface area (Å²) in [5.74, 6) is 1.58. The Balaban J connectivity index is 2.39. The molecule has 0 saturated carbocycles. The number of aromatic nitrogens is 3. The molecule has 16 heavy (non-hydrogen) atoms. The third-order valence-electron chi connectivity index (χ3n) is 2.30. The van der Waals surface area contributed by atoms with Gasteiger partial charge >= 0.3 is 0 Å². The van der Waals surface area contributed by atoms with Crippen LogP contribution in [0.15, 0.2) is 6.33 Å². The summed E-state index contributed by atoms with van der Waals surface area (Å²) in [6.45, 7) is 12.6. The van der Waals surface area contributed by atoms with Gasteiger partial charge in [0.2, 0.25) is 0 Å². The van der Waals surface area contributed by atoms with Crippen LogP contribution >= 0.6 is 0 Å². The molecule has 1 heterocycles. The Kier molecular flexibility index (Phi) is 4.47. The molecule has 0 unspecified atom stereocenters. The first-order valence-corrected chi connectivity index (χ1v) is 6.00. The van der Waals surface area contributed by atoms with Gasteiger partial charge in [0.15, 0.2) is 5.82 Å². The van der Waals surface area contributed by atoms with E-state index in [0.29, 0.717) is 5.92 Å². The zero-order valence-electron chi connectivity index (χ0n) is 11.1. The van der Waals surface area contributed by atoms with Crippen molar-refractivity contribution in [2.45, 2.75) is 59.7 Å². The molecule has 0 spiro atoms. The summed E-state index contributed by atoms with van der Waals surface area (Å²) in [7, 11) is 0. The van der Waals surface area contributed by atoms with Crippen molar-refractivity contribution < 1.29 is 0 Å². The van der Waals surface area contributed by atoms with Crippen LogP contribution in [0.25, 0.3) is 0 Å². The second-order valence-electron chi connectivity index (χ2n) is 5.71. The molecule has 4 nitrogen and oxygen atoms in total. The van der Waals surface area contributed by atoms with Gasteiger partial charge in [0, 0.05) is 12.1 Å². The van der Waals surface area contributed by atoms with Gasteiger partial charge in [-0.1, -0.05) is 13.8 Å². The normalized spacial score (nSPS) is 12.4. The van der Waals surface area contributed by atoms with Crippen LogP contribution in [0.2, 0.25) is 0 Å². The standard InChI is InChI=1S/C12H24N4/c1-10(2)6-7-16-9-13-11(15-16)8-14-12(3,4)5/h9-10,14H,6-8H2,1-5H3. The predicted molar refractivity (Wildman–Crippen MR) is 66.1 cm³/mol. The van der Waals surface area contributed by atoms with Crippen LogP contribution < -0.4 is 5.32 Å². The van der Waals surface area contributed by atoms with E-state index in [0.717, 1.165) is 25.3 Å². The largest absolute Gasteiger partial charge is 0.305 e. The summed E-state index contributed by atoms with van der Waals surface area (Å²) in [5, 5.41) is 7.81. The Morgan fingerprint density at radius 2 is 2.06 bits per heavy atom. The topological polar surface area (TPSA) is 42.7 Å². The second kappa shape index (κ2) is 5.43. The van der Waals surface area contributed by atoms with Gasteiger partial charge in [-0.15, -0.1) is 0 Å². The molecular weight excluding hydrogens is 200 g/mol. The van der Waals surface area contributed by atoms with Gasteiger partial charge in [-0.25, -0.2) is 4.98 Å². The summed E-state index contributed by atoms with van der Waals surface area (Å²) >= 11 is 0. The van der Waals surface area contributed by atoms with Gasteiger partial charge in [0.1, 0.15) is 6.33 Å². The molecule has 0 fully saturated rings. The molecule has 92 valence electrons. The third kappa shape index (κ3) is 5.26. The molecule has 0 radical (unpaired) electrons. The van der Waals surface area contributed by atoms with Crippen LogP contribution in [-0.2, 0) is 13.1 Å². The van der Waals surface area contributed by atoms with Crippen molar-refractivity contribution in [1.29, 1.82) is 0 Å². The molecule has 0 aliphatic carbocycles. The number of hydrogen-bond donors (Lipinski definition) is 1. The molecule has 1 aromatic rings. The van der Waals surface area contributed by atoms with Crippen LogP contribution in [0.4, 0.5) is 0 Å². The van der Waals surface area contributed by atoms with Crippen molar-refractivity contribution in [3.63, 3.8) is 0 Å². The lowest BCUT2D eigenvalue weighted by atomic mass is 10.1. The molecule has 1 aromatic heterocycles. The molecule has 1 N–H and O–H groups in total. The highest BCUT2D eigenvalue weighted by Crippen LogP contribution is 2.03. The number of rotatable bonds is 5. The van der Waals surface area contributed by atoms with Crippen molar-refractivity contribution >= 4 is 0 Å². The number of nitrogens with one attached hydrogen (secondary N) is 1. The Labute approximate surface area is 98.5 Å². The lowest BCUT2D eigenvalue weighted by molar-refractivity contribution is 0.415. The summed E-state index contributed by atoms with van der Waals surface area (Å²) in [6.07, 6.45) is 2.97. The van der Waals surface area contributed by atoms with Crippen molar-refractivity contribution in [1.82, 2.24) is 20.1 Å². The van der Waals surface area contributed by atoms with Gasteiger partial charge in [0.25, 0.3) is 0 Å². The fraction of sp³-hybridized carbons (Fsp3) is 0.833. The molecular formula is C12H24N4. The number of hydrogen-bond acceptors (Lipinski definition) is 3. The molecule has 0 aliphatic heterocycles. The molecule has 4 heteroatoms. The first-order chi connectivity index (χ1) is 7.37. The van der Waals surface area contributed by atoms with E-state index in [1.165, 1.54) is 0 Å². The smallest absolute Gasteiger partial charge is 0.164 e. The zero-order chi connectivity index (χ0) is 12.2. The molecule has 0 saturated heterocycles. The molecule has 0 amide bonds. The Hall–Kier alpha value is -0.900. The minimum Gasteiger partial charge on any atom is -0.305 e. The highest BCUT2D eigenvalue weighted by molar-refractivity contribution is 4.83. The number of nitrogens with zero attached hydrogens (tertiary/aromatic N) is 3. The molecule has 1 rings (SSSR count). The quantitative estimate of drug-likeness (QED) is 0.834. The van der Waals surface area contributed by atoms with E-state index in [9.17, 15) is 0 Å². The van der Waals surface area contributed by atoms with Crippen LogP contribution in [-0.4, -0.2) is 20.3 Å². The fourth-order valence-corrected chi connectivity index (χ4v) is 1.26. The average Bonchev–Trinajstić information content (AvgIpc) is 2.58. The summed E-state index contributed by atoms with van der Waals surface area (Å²) in [6, 6.07) is 0. The first-order valence-electron chi connectivity index (χ1n) is 6.00. The van der Waals surface area contributed by atoms with Gasteiger partial charge < -0.3 is 5.32 Å².